The highest BCUT2D eigenvalue weighted by Gasteiger charge is 2.44. The summed E-state index contributed by atoms with van der Waals surface area (Å²) in [6.45, 7) is 2.31. The summed E-state index contributed by atoms with van der Waals surface area (Å²) >= 11 is 0. The van der Waals surface area contributed by atoms with Crippen LogP contribution in [0.2, 0.25) is 0 Å². The van der Waals surface area contributed by atoms with Crippen LogP contribution in [0.4, 0.5) is 26.3 Å². The number of ether oxygens (including phenoxy) is 1. The Kier molecular flexibility index (Phi) is 6.46. The summed E-state index contributed by atoms with van der Waals surface area (Å²) in [4.78, 5) is 0. The van der Waals surface area contributed by atoms with Gasteiger partial charge in [0.2, 0.25) is 0 Å². The lowest BCUT2D eigenvalue weighted by Gasteiger charge is -2.41. The predicted octanol–water partition coefficient (Wildman–Crippen LogP) is 8.19. The maximum Gasteiger partial charge on any atom is 0.461 e. The van der Waals surface area contributed by atoms with Gasteiger partial charge in [-0.15, -0.1) is 0 Å². The molecule has 1 unspecified atom stereocenters. The molecule has 2 aromatic carbocycles. The van der Waals surface area contributed by atoms with E-state index in [1.807, 2.05) is 6.07 Å². The van der Waals surface area contributed by atoms with E-state index in [0.717, 1.165) is 48.8 Å². The summed E-state index contributed by atoms with van der Waals surface area (Å²) in [5.41, 5.74) is 1.14. The first-order valence-corrected chi connectivity index (χ1v) is 11.1. The predicted molar refractivity (Wildman–Crippen MR) is 110 cm³/mol. The van der Waals surface area contributed by atoms with Crippen LogP contribution in [0, 0.1) is 29.4 Å². The van der Waals surface area contributed by atoms with Gasteiger partial charge in [-0.3, -0.25) is 0 Å². The van der Waals surface area contributed by atoms with E-state index in [0.29, 0.717) is 5.92 Å². The van der Waals surface area contributed by atoms with Gasteiger partial charge in [0, 0.05) is 5.56 Å². The Hall–Kier alpha value is -2.18. The van der Waals surface area contributed by atoms with Crippen LogP contribution < -0.4 is 4.74 Å². The van der Waals surface area contributed by atoms with Crippen LogP contribution in [0.1, 0.15) is 56.9 Å². The number of alkyl halides is 4. The van der Waals surface area contributed by atoms with Crippen LogP contribution in [0.3, 0.4) is 0 Å². The van der Waals surface area contributed by atoms with Gasteiger partial charge in [0.25, 0.3) is 0 Å². The normalized spacial score (nSPS) is 26.1. The number of hydrogen-bond donors (Lipinski definition) is 0. The molecule has 2 aliphatic carbocycles. The Morgan fingerprint density at radius 3 is 2.28 bits per heavy atom. The Morgan fingerprint density at radius 2 is 1.59 bits per heavy atom. The summed E-state index contributed by atoms with van der Waals surface area (Å²) in [5, 5.41) is 0. The number of rotatable bonds is 5. The van der Waals surface area contributed by atoms with Crippen LogP contribution in [0.15, 0.2) is 36.4 Å². The molecule has 0 aliphatic heterocycles. The van der Waals surface area contributed by atoms with Gasteiger partial charge in [-0.2, -0.15) is 17.6 Å². The van der Waals surface area contributed by atoms with E-state index in [2.05, 4.69) is 11.7 Å². The van der Waals surface area contributed by atoms with Gasteiger partial charge in [0.15, 0.2) is 11.6 Å². The summed E-state index contributed by atoms with van der Waals surface area (Å²) < 4.78 is 83.6. The fraction of sp³-hybridized carbons (Fsp3) is 0.520. The first-order chi connectivity index (χ1) is 15.1. The van der Waals surface area contributed by atoms with Crippen molar-refractivity contribution in [1.82, 2.24) is 0 Å². The molecule has 0 heterocycles. The second kappa shape index (κ2) is 8.99. The summed E-state index contributed by atoms with van der Waals surface area (Å²) in [5.74, 6) is -0.305. The molecule has 0 radical (unpaired) electrons. The minimum Gasteiger partial charge on any atom is -0.425 e. The molecule has 4 atom stereocenters. The maximum atomic E-state index is 14.9. The van der Waals surface area contributed by atoms with Crippen molar-refractivity contribution in [3.8, 4) is 16.9 Å². The third-order valence-electron chi connectivity index (χ3n) is 7.08. The molecular formula is C25H26F6O. The molecule has 32 heavy (non-hydrogen) atoms. The fourth-order valence-electron chi connectivity index (χ4n) is 5.39. The van der Waals surface area contributed by atoms with Crippen LogP contribution in [-0.4, -0.2) is 12.5 Å². The number of fused-ring (bicyclic) bond motifs is 1. The molecule has 0 aromatic heterocycles. The first-order valence-electron chi connectivity index (χ1n) is 11.1. The zero-order valence-electron chi connectivity index (χ0n) is 17.8. The SMILES string of the molecule is CC1CC[C@@H]2C[C@H](c3ccc(-c4ccc(OC(F)(F)C(F)F)c(F)c4)c(F)c3)CC[C@@H]2C1. The smallest absolute Gasteiger partial charge is 0.425 e. The minimum absolute atomic E-state index is 0.111. The summed E-state index contributed by atoms with van der Waals surface area (Å²) in [6.07, 6.45) is -1.95. The topological polar surface area (TPSA) is 9.23 Å². The van der Waals surface area contributed by atoms with Crippen LogP contribution in [0.5, 0.6) is 5.75 Å². The Balaban J connectivity index is 1.49. The van der Waals surface area contributed by atoms with Gasteiger partial charge in [0.05, 0.1) is 0 Å². The molecular weight excluding hydrogens is 430 g/mol. The molecule has 0 bridgehead atoms. The van der Waals surface area contributed by atoms with Crippen LogP contribution >= 0.6 is 0 Å². The maximum absolute atomic E-state index is 14.9. The third kappa shape index (κ3) is 4.76. The highest BCUT2D eigenvalue weighted by atomic mass is 19.3. The van der Waals surface area contributed by atoms with Gasteiger partial charge in [-0.05, 0) is 85.1 Å². The Labute approximate surface area is 183 Å². The number of halogens is 6. The molecule has 7 heteroatoms. The van der Waals surface area contributed by atoms with Crippen molar-refractivity contribution in [2.75, 3.05) is 0 Å². The zero-order chi connectivity index (χ0) is 23.0. The van der Waals surface area contributed by atoms with E-state index < -0.39 is 29.9 Å². The van der Waals surface area contributed by atoms with Gasteiger partial charge in [-0.1, -0.05) is 31.5 Å². The van der Waals surface area contributed by atoms with Gasteiger partial charge in [0.1, 0.15) is 5.82 Å². The molecule has 0 saturated heterocycles. The lowest BCUT2D eigenvalue weighted by molar-refractivity contribution is -0.254. The molecule has 0 N–H and O–H groups in total. The van der Waals surface area contributed by atoms with Crippen LogP contribution in [-0.2, 0) is 0 Å². The molecule has 4 rings (SSSR count). The van der Waals surface area contributed by atoms with E-state index in [1.54, 1.807) is 6.07 Å². The molecule has 174 valence electrons. The van der Waals surface area contributed by atoms with Crippen molar-refractivity contribution in [2.45, 2.75) is 63.9 Å². The lowest BCUT2D eigenvalue weighted by Crippen LogP contribution is -2.33. The van der Waals surface area contributed by atoms with E-state index in [-0.39, 0.29) is 17.0 Å². The van der Waals surface area contributed by atoms with Crippen molar-refractivity contribution in [3.05, 3.63) is 53.6 Å². The minimum atomic E-state index is -4.81. The monoisotopic (exact) mass is 456 g/mol. The number of hydrogen-bond acceptors (Lipinski definition) is 1. The highest BCUT2D eigenvalue weighted by molar-refractivity contribution is 5.65. The molecule has 2 saturated carbocycles. The average Bonchev–Trinajstić information content (AvgIpc) is 2.74. The second-order valence-electron chi connectivity index (χ2n) is 9.30. The largest absolute Gasteiger partial charge is 0.461 e. The van der Waals surface area contributed by atoms with E-state index in [4.69, 9.17) is 0 Å². The van der Waals surface area contributed by atoms with Crippen LogP contribution in [0.25, 0.3) is 11.1 Å². The molecule has 0 amide bonds. The lowest BCUT2D eigenvalue weighted by atomic mass is 9.64. The van der Waals surface area contributed by atoms with E-state index in [1.165, 1.54) is 31.4 Å². The van der Waals surface area contributed by atoms with Gasteiger partial charge in [-0.25, -0.2) is 8.78 Å². The molecule has 2 aliphatic rings. The number of benzene rings is 2. The quantitative estimate of drug-likeness (QED) is 0.412. The highest BCUT2D eigenvalue weighted by Crippen LogP contribution is 2.47. The molecule has 2 fully saturated rings. The standard InChI is InChI=1S/C25H26F6O/c1-14-2-3-16-11-17(5-4-15(16)10-14)18-6-8-20(21(26)12-18)19-7-9-23(22(27)13-19)32-25(30,31)24(28)29/h6-9,12-17,24H,2-5,10-11H2,1H3/t14?,15-,16-,17-/m1/s1. The van der Waals surface area contributed by atoms with Gasteiger partial charge >= 0.3 is 12.5 Å². The first kappa shape index (κ1) is 23.0. The van der Waals surface area contributed by atoms with Crippen molar-refractivity contribution < 1.29 is 31.1 Å². The molecule has 2 aromatic rings. The molecule has 1 nitrogen and oxygen atoms in total. The molecule has 0 spiro atoms. The Morgan fingerprint density at radius 1 is 0.875 bits per heavy atom. The van der Waals surface area contributed by atoms with Crippen molar-refractivity contribution in [1.29, 1.82) is 0 Å². The third-order valence-corrected chi connectivity index (χ3v) is 7.08. The Bertz CT molecular complexity index is 959. The second-order valence-corrected chi connectivity index (χ2v) is 9.30. The summed E-state index contributed by atoms with van der Waals surface area (Å²) in [6, 6.07) is 7.65. The van der Waals surface area contributed by atoms with E-state index in [9.17, 15) is 26.3 Å². The van der Waals surface area contributed by atoms with Crippen molar-refractivity contribution in [3.63, 3.8) is 0 Å². The van der Waals surface area contributed by atoms with E-state index >= 15 is 0 Å². The summed E-state index contributed by atoms with van der Waals surface area (Å²) in [7, 11) is 0. The fourth-order valence-corrected chi connectivity index (χ4v) is 5.39. The zero-order valence-corrected chi connectivity index (χ0v) is 17.8. The van der Waals surface area contributed by atoms with Crippen molar-refractivity contribution in [2.24, 2.45) is 17.8 Å². The average molecular weight is 456 g/mol. The van der Waals surface area contributed by atoms with Gasteiger partial charge < -0.3 is 4.74 Å². The van der Waals surface area contributed by atoms with Crippen molar-refractivity contribution >= 4 is 0 Å².